The second-order valence-electron chi connectivity index (χ2n) is 8.06. The largest absolute Gasteiger partial charge is 0.349 e. The lowest BCUT2D eigenvalue weighted by atomic mass is 10.1. The van der Waals surface area contributed by atoms with Gasteiger partial charge >= 0.3 is 0 Å². The summed E-state index contributed by atoms with van der Waals surface area (Å²) in [7, 11) is 3.46. The van der Waals surface area contributed by atoms with Gasteiger partial charge in [-0.1, -0.05) is 12.1 Å². The predicted molar refractivity (Wildman–Crippen MR) is 131 cm³/mol. The van der Waals surface area contributed by atoms with Crippen LogP contribution in [0.2, 0.25) is 0 Å². The van der Waals surface area contributed by atoms with E-state index < -0.39 is 0 Å². The Morgan fingerprint density at radius 3 is 2.75 bits per heavy atom. The van der Waals surface area contributed by atoms with E-state index in [2.05, 4.69) is 15.3 Å². The Balaban J connectivity index is 1.24. The maximum Gasteiger partial charge on any atom is 0.259 e. The molecule has 1 aliphatic rings. The lowest BCUT2D eigenvalue weighted by Crippen LogP contribution is -2.23. The highest BCUT2D eigenvalue weighted by molar-refractivity contribution is 7.98. The summed E-state index contributed by atoms with van der Waals surface area (Å²) in [4.78, 5) is 47.7. The standard InChI is InChI=1S/C23H26N4O3S2/c1-27(2)20(29)12-14-6-8-15(9-7-14)24-19(28)10-11-31-13-18-25-22(30)21-16-4-3-5-17(16)32-23(21)26-18/h6-9H,3-5,10-13H2,1-2H3,(H,24,28)(H,25,26,30). The quantitative estimate of drug-likeness (QED) is 0.492. The van der Waals surface area contributed by atoms with Crippen molar-refractivity contribution >= 4 is 50.8 Å². The molecule has 2 N–H and O–H groups in total. The van der Waals surface area contributed by atoms with Gasteiger partial charge in [0.25, 0.3) is 5.56 Å². The Bertz CT molecular complexity index is 1200. The number of aryl methyl sites for hydroxylation is 2. The fourth-order valence-corrected chi connectivity index (χ4v) is 5.80. The van der Waals surface area contributed by atoms with Crippen molar-refractivity contribution in [3.63, 3.8) is 0 Å². The molecule has 0 aliphatic heterocycles. The highest BCUT2D eigenvalue weighted by Gasteiger charge is 2.21. The number of benzene rings is 1. The van der Waals surface area contributed by atoms with Crippen LogP contribution in [0.5, 0.6) is 0 Å². The van der Waals surface area contributed by atoms with Gasteiger partial charge in [0.15, 0.2) is 0 Å². The molecule has 32 heavy (non-hydrogen) atoms. The monoisotopic (exact) mass is 470 g/mol. The van der Waals surface area contributed by atoms with Crippen molar-refractivity contribution in [1.29, 1.82) is 0 Å². The molecule has 0 bridgehead atoms. The first-order valence-electron chi connectivity index (χ1n) is 10.6. The Hall–Kier alpha value is -2.65. The molecule has 4 rings (SSSR count). The van der Waals surface area contributed by atoms with E-state index in [1.807, 2.05) is 24.3 Å². The maximum atomic E-state index is 12.5. The first kappa shape index (κ1) is 22.5. The Kier molecular flexibility index (Phi) is 6.95. The molecule has 0 radical (unpaired) electrons. The van der Waals surface area contributed by atoms with Gasteiger partial charge in [0.2, 0.25) is 11.8 Å². The molecular formula is C23H26N4O3S2. The van der Waals surface area contributed by atoms with Crippen LogP contribution in [0.15, 0.2) is 29.1 Å². The van der Waals surface area contributed by atoms with Crippen molar-refractivity contribution in [2.45, 2.75) is 37.9 Å². The molecule has 2 amide bonds. The molecule has 9 heteroatoms. The molecule has 1 aliphatic carbocycles. The van der Waals surface area contributed by atoms with E-state index >= 15 is 0 Å². The van der Waals surface area contributed by atoms with Gasteiger partial charge in [-0.25, -0.2) is 4.98 Å². The van der Waals surface area contributed by atoms with Crippen LogP contribution in [-0.2, 0) is 34.6 Å². The number of aromatic amines is 1. The normalized spacial score (nSPS) is 12.7. The number of carbonyl (C=O) groups excluding carboxylic acids is 2. The zero-order chi connectivity index (χ0) is 22.7. The van der Waals surface area contributed by atoms with Gasteiger partial charge in [-0.15, -0.1) is 11.3 Å². The molecule has 0 unspecified atom stereocenters. The minimum Gasteiger partial charge on any atom is -0.349 e. The molecule has 3 aromatic rings. The lowest BCUT2D eigenvalue weighted by molar-refractivity contribution is -0.128. The maximum absolute atomic E-state index is 12.5. The molecule has 0 spiro atoms. The fourth-order valence-electron chi connectivity index (χ4n) is 3.71. The van der Waals surface area contributed by atoms with Crippen LogP contribution in [0.1, 0.15) is 34.7 Å². The van der Waals surface area contributed by atoms with Crippen molar-refractivity contribution < 1.29 is 9.59 Å². The zero-order valence-electron chi connectivity index (χ0n) is 18.2. The number of nitrogens with one attached hydrogen (secondary N) is 2. The summed E-state index contributed by atoms with van der Waals surface area (Å²) in [6.45, 7) is 0. The number of thioether (sulfide) groups is 1. The molecule has 2 aromatic heterocycles. The molecule has 0 atom stereocenters. The Morgan fingerprint density at radius 1 is 1.22 bits per heavy atom. The van der Waals surface area contributed by atoms with Gasteiger partial charge in [0.05, 0.1) is 17.6 Å². The lowest BCUT2D eigenvalue weighted by Gasteiger charge is -2.10. The average Bonchev–Trinajstić information content (AvgIpc) is 3.33. The van der Waals surface area contributed by atoms with Gasteiger partial charge in [0, 0.05) is 36.8 Å². The molecule has 0 saturated heterocycles. The molecule has 1 aromatic carbocycles. The second kappa shape index (κ2) is 9.87. The van der Waals surface area contributed by atoms with Crippen LogP contribution in [0.3, 0.4) is 0 Å². The van der Waals surface area contributed by atoms with E-state index in [4.69, 9.17) is 0 Å². The highest BCUT2D eigenvalue weighted by atomic mass is 32.2. The summed E-state index contributed by atoms with van der Waals surface area (Å²) in [5, 5.41) is 3.65. The SMILES string of the molecule is CN(C)C(=O)Cc1ccc(NC(=O)CCSCc2nc3sc4c(c3c(=O)[nH]2)CCC4)cc1. The van der Waals surface area contributed by atoms with Crippen molar-refractivity contribution in [2.75, 3.05) is 25.2 Å². The number of likely N-dealkylation sites (N-methyl/N-ethyl adjacent to an activating group) is 1. The van der Waals surface area contributed by atoms with Crippen LogP contribution in [0.4, 0.5) is 5.69 Å². The zero-order valence-corrected chi connectivity index (χ0v) is 19.8. The number of fused-ring (bicyclic) bond motifs is 3. The van der Waals surface area contributed by atoms with Crippen LogP contribution in [0, 0.1) is 0 Å². The summed E-state index contributed by atoms with van der Waals surface area (Å²) >= 11 is 3.21. The van der Waals surface area contributed by atoms with Gasteiger partial charge in [0.1, 0.15) is 10.7 Å². The van der Waals surface area contributed by atoms with Crippen molar-refractivity contribution in [1.82, 2.24) is 14.9 Å². The molecule has 2 heterocycles. The first-order valence-corrected chi connectivity index (χ1v) is 12.6. The molecule has 0 fully saturated rings. The van der Waals surface area contributed by atoms with E-state index in [0.29, 0.717) is 35.9 Å². The summed E-state index contributed by atoms with van der Waals surface area (Å²) in [5.74, 6) is 1.83. The predicted octanol–water partition coefficient (Wildman–Crippen LogP) is 3.37. The number of aromatic nitrogens is 2. The summed E-state index contributed by atoms with van der Waals surface area (Å²) in [5.41, 5.74) is 2.76. The Morgan fingerprint density at radius 2 is 2.00 bits per heavy atom. The number of hydrogen-bond acceptors (Lipinski definition) is 6. The number of nitrogens with zero attached hydrogens (tertiary/aromatic N) is 2. The fraction of sp³-hybridized carbons (Fsp3) is 0.391. The smallest absolute Gasteiger partial charge is 0.259 e. The Labute approximate surface area is 194 Å². The summed E-state index contributed by atoms with van der Waals surface area (Å²) < 4.78 is 0. The number of amides is 2. The number of thiophene rings is 1. The molecule has 168 valence electrons. The number of hydrogen-bond donors (Lipinski definition) is 2. The third kappa shape index (κ3) is 5.21. The second-order valence-corrected chi connectivity index (χ2v) is 10.3. The van der Waals surface area contributed by atoms with Gasteiger partial charge in [-0.05, 0) is 42.5 Å². The van der Waals surface area contributed by atoms with Crippen LogP contribution < -0.4 is 10.9 Å². The third-order valence-electron chi connectivity index (χ3n) is 5.43. The molecule has 7 nitrogen and oxygen atoms in total. The van der Waals surface area contributed by atoms with E-state index in [0.717, 1.165) is 35.0 Å². The summed E-state index contributed by atoms with van der Waals surface area (Å²) in [6, 6.07) is 7.33. The van der Waals surface area contributed by atoms with Gasteiger partial charge < -0.3 is 15.2 Å². The first-order chi connectivity index (χ1) is 15.4. The minimum atomic E-state index is -0.0683. The topological polar surface area (TPSA) is 95.2 Å². The molecular weight excluding hydrogens is 444 g/mol. The van der Waals surface area contributed by atoms with Crippen LogP contribution in [-0.4, -0.2) is 46.5 Å². The van der Waals surface area contributed by atoms with E-state index in [1.165, 1.54) is 10.4 Å². The number of rotatable bonds is 8. The third-order valence-corrected chi connectivity index (χ3v) is 7.58. The summed E-state index contributed by atoms with van der Waals surface area (Å²) in [6.07, 6.45) is 3.85. The van der Waals surface area contributed by atoms with Crippen LogP contribution in [0.25, 0.3) is 10.2 Å². The van der Waals surface area contributed by atoms with E-state index in [9.17, 15) is 14.4 Å². The van der Waals surface area contributed by atoms with E-state index in [-0.39, 0.29) is 17.4 Å². The van der Waals surface area contributed by atoms with Crippen LogP contribution >= 0.6 is 23.1 Å². The van der Waals surface area contributed by atoms with Gasteiger partial charge in [-0.2, -0.15) is 11.8 Å². The number of H-pyrrole nitrogens is 1. The van der Waals surface area contributed by atoms with Crippen molar-refractivity contribution in [2.24, 2.45) is 0 Å². The van der Waals surface area contributed by atoms with E-state index in [1.54, 1.807) is 42.1 Å². The van der Waals surface area contributed by atoms with Crippen molar-refractivity contribution in [3.05, 3.63) is 56.4 Å². The number of anilines is 1. The van der Waals surface area contributed by atoms with Gasteiger partial charge in [-0.3, -0.25) is 14.4 Å². The molecule has 0 saturated carbocycles. The average molecular weight is 471 g/mol. The number of carbonyl (C=O) groups is 2. The minimum absolute atomic E-state index is 0.0389. The highest BCUT2D eigenvalue weighted by Crippen LogP contribution is 2.34. The van der Waals surface area contributed by atoms with Crippen molar-refractivity contribution in [3.8, 4) is 0 Å².